The maximum absolute atomic E-state index is 14.4. The number of carbonyl (C=O) groups excluding carboxylic acids is 7. The van der Waals surface area contributed by atoms with Crippen molar-refractivity contribution in [1.82, 2.24) is 35.6 Å². The van der Waals surface area contributed by atoms with Gasteiger partial charge in [0.25, 0.3) is 11.8 Å². The SMILES string of the molecule is CCC(C)C(C(CC(=O)N1CCCC1C(OC)C(C)C(=O)NC(Cc1ccccc1)C(=O)NCCOCCN1C(=O)C=CC1=O)OC)N(C)C(=O)C(NC(=O)C1C2CCC(C2)N1C)C(C)C. The lowest BCUT2D eigenvalue weighted by atomic mass is 9.89. The van der Waals surface area contributed by atoms with Gasteiger partial charge in [-0.3, -0.25) is 43.4 Å². The summed E-state index contributed by atoms with van der Waals surface area (Å²) in [6.07, 6.45) is 6.41. The predicted molar refractivity (Wildman–Crippen MR) is 247 cm³/mol. The average Bonchev–Trinajstić information content (AvgIpc) is 4.12. The highest BCUT2D eigenvalue weighted by Gasteiger charge is 2.49. The van der Waals surface area contributed by atoms with Gasteiger partial charge in [-0.2, -0.15) is 0 Å². The van der Waals surface area contributed by atoms with Crippen molar-refractivity contribution in [2.24, 2.45) is 23.7 Å². The standard InChI is InChI=1S/C49H75N7O10/c1-10-31(4)43(54(7)49(63)42(30(2)3)52-48(62)44-34-18-19-35(28-34)53(44)6)38(64-8)29-41(59)55-23-14-17-37(55)45(65-9)32(5)46(60)51-36(27-33-15-12-11-13-16-33)47(61)50-22-25-66-26-24-56-39(57)20-21-40(56)58/h11-13,15-16,20-21,30-32,34-38,42-45H,10,14,17-19,22-29H2,1-9H3,(H,50,61)(H,51,60)(H,52,62). The summed E-state index contributed by atoms with van der Waals surface area (Å²) in [7, 11) is 6.81. The van der Waals surface area contributed by atoms with Crippen LogP contribution in [0.5, 0.6) is 0 Å². The zero-order chi connectivity index (χ0) is 48.2. The van der Waals surface area contributed by atoms with E-state index in [0.717, 1.165) is 36.1 Å². The van der Waals surface area contributed by atoms with Gasteiger partial charge < -0.3 is 40.0 Å². The van der Waals surface area contributed by atoms with E-state index in [2.05, 4.69) is 20.9 Å². The molecule has 0 aromatic heterocycles. The zero-order valence-corrected chi connectivity index (χ0v) is 40.5. The van der Waals surface area contributed by atoms with E-state index in [0.29, 0.717) is 31.3 Å². The van der Waals surface area contributed by atoms with Crippen LogP contribution < -0.4 is 16.0 Å². The van der Waals surface area contributed by atoms with Crippen molar-refractivity contribution in [1.29, 1.82) is 0 Å². The molecule has 3 aliphatic heterocycles. The molecule has 17 nitrogen and oxygen atoms in total. The van der Waals surface area contributed by atoms with E-state index in [4.69, 9.17) is 14.2 Å². The van der Waals surface area contributed by atoms with E-state index >= 15 is 0 Å². The Bertz CT molecular complexity index is 1860. The van der Waals surface area contributed by atoms with Crippen LogP contribution in [-0.4, -0.2) is 171 Å². The number of hydrogen-bond donors (Lipinski definition) is 3. The van der Waals surface area contributed by atoms with Gasteiger partial charge in [-0.15, -0.1) is 0 Å². The molecule has 5 rings (SSSR count). The van der Waals surface area contributed by atoms with Crippen LogP contribution in [0.4, 0.5) is 0 Å². The molecule has 0 radical (unpaired) electrons. The van der Waals surface area contributed by atoms with Gasteiger partial charge in [-0.05, 0) is 62.5 Å². The summed E-state index contributed by atoms with van der Waals surface area (Å²) in [5.41, 5.74) is 0.843. The Morgan fingerprint density at radius 2 is 1.59 bits per heavy atom. The van der Waals surface area contributed by atoms with E-state index in [9.17, 15) is 33.6 Å². The first kappa shape index (κ1) is 52.3. The first-order valence-electron chi connectivity index (χ1n) is 23.9. The van der Waals surface area contributed by atoms with Crippen molar-refractivity contribution < 1.29 is 47.8 Å². The maximum Gasteiger partial charge on any atom is 0.253 e. The minimum Gasteiger partial charge on any atom is -0.379 e. The highest BCUT2D eigenvalue weighted by molar-refractivity contribution is 6.12. The molecule has 11 atom stereocenters. The summed E-state index contributed by atoms with van der Waals surface area (Å²) in [4.78, 5) is 101. The van der Waals surface area contributed by atoms with Gasteiger partial charge in [0.05, 0.1) is 62.4 Å². The molecule has 2 saturated heterocycles. The maximum atomic E-state index is 14.4. The number of amides is 7. The van der Waals surface area contributed by atoms with Gasteiger partial charge >= 0.3 is 0 Å². The summed E-state index contributed by atoms with van der Waals surface area (Å²) < 4.78 is 17.7. The molecule has 66 heavy (non-hydrogen) atoms. The Hall–Kier alpha value is -4.71. The van der Waals surface area contributed by atoms with Crippen LogP contribution in [0.2, 0.25) is 0 Å². The molecule has 1 saturated carbocycles. The molecule has 17 heteroatoms. The number of nitrogens with one attached hydrogen (secondary N) is 3. The normalized spacial score (nSPS) is 23.7. The minimum atomic E-state index is -0.936. The second kappa shape index (κ2) is 24.4. The molecule has 7 amide bonds. The third-order valence-corrected chi connectivity index (χ3v) is 14.5. The molecule has 4 aliphatic rings. The predicted octanol–water partition coefficient (Wildman–Crippen LogP) is 2.32. The van der Waals surface area contributed by atoms with Crippen molar-refractivity contribution in [3.63, 3.8) is 0 Å². The summed E-state index contributed by atoms with van der Waals surface area (Å²) in [6.45, 7) is 10.6. The third-order valence-electron chi connectivity index (χ3n) is 14.5. The van der Waals surface area contributed by atoms with Gasteiger partial charge in [0.1, 0.15) is 12.1 Å². The molecular weight excluding hydrogens is 847 g/mol. The van der Waals surface area contributed by atoms with Crippen LogP contribution in [0, 0.1) is 23.7 Å². The minimum absolute atomic E-state index is 0.0139. The average molecular weight is 922 g/mol. The molecule has 0 spiro atoms. The van der Waals surface area contributed by atoms with E-state index < -0.39 is 65.9 Å². The van der Waals surface area contributed by atoms with Crippen LogP contribution in [-0.2, 0) is 54.2 Å². The van der Waals surface area contributed by atoms with Crippen LogP contribution in [0.3, 0.4) is 0 Å². The summed E-state index contributed by atoms with van der Waals surface area (Å²) >= 11 is 0. The molecule has 1 aromatic carbocycles. The van der Waals surface area contributed by atoms with Crippen molar-refractivity contribution in [2.75, 3.05) is 61.2 Å². The first-order valence-corrected chi connectivity index (χ1v) is 23.9. The van der Waals surface area contributed by atoms with E-state index in [-0.39, 0.29) is 74.7 Å². The number of carbonyl (C=O) groups is 7. The molecule has 2 bridgehead atoms. The first-order chi connectivity index (χ1) is 31.5. The lowest BCUT2D eigenvalue weighted by Crippen LogP contribution is -2.60. The zero-order valence-electron chi connectivity index (χ0n) is 40.5. The van der Waals surface area contributed by atoms with Crippen LogP contribution in [0.25, 0.3) is 0 Å². The second-order valence-electron chi connectivity index (χ2n) is 19.0. The van der Waals surface area contributed by atoms with Crippen molar-refractivity contribution in [3.05, 3.63) is 48.0 Å². The second-order valence-corrected chi connectivity index (χ2v) is 19.0. The Labute approximate surface area is 391 Å². The summed E-state index contributed by atoms with van der Waals surface area (Å²) in [5.74, 6) is -2.82. The van der Waals surface area contributed by atoms with E-state index in [1.807, 2.05) is 65.1 Å². The van der Waals surface area contributed by atoms with Gasteiger partial charge in [0, 0.05) is 59.0 Å². The number of benzene rings is 1. The molecule has 11 unspecified atom stereocenters. The Kier molecular flexibility index (Phi) is 19.3. The van der Waals surface area contributed by atoms with Crippen molar-refractivity contribution in [2.45, 2.75) is 134 Å². The lowest BCUT2D eigenvalue weighted by Gasteiger charge is -2.41. The number of imide groups is 1. The fraction of sp³-hybridized carbons (Fsp3) is 0.694. The van der Waals surface area contributed by atoms with Crippen molar-refractivity contribution in [3.8, 4) is 0 Å². The quantitative estimate of drug-likeness (QED) is 0.0963. The molecule has 366 valence electrons. The van der Waals surface area contributed by atoms with Gasteiger partial charge in [0.2, 0.25) is 29.5 Å². The Balaban J connectivity index is 1.21. The lowest BCUT2D eigenvalue weighted by molar-refractivity contribution is -0.148. The van der Waals surface area contributed by atoms with Gasteiger partial charge in [-0.1, -0.05) is 71.4 Å². The molecule has 3 N–H and O–H groups in total. The summed E-state index contributed by atoms with van der Waals surface area (Å²) in [6, 6.07) is 6.88. The van der Waals surface area contributed by atoms with Gasteiger partial charge in [0.15, 0.2) is 0 Å². The topological polar surface area (TPSA) is 196 Å². The smallest absolute Gasteiger partial charge is 0.253 e. The molecule has 1 aliphatic carbocycles. The van der Waals surface area contributed by atoms with Gasteiger partial charge in [-0.25, -0.2) is 0 Å². The third kappa shape index (κ3) is 12.6. The fourth-order valence-corrected chi connectivity index (χ4v) is 10.5. The fourth-order valence-electron chi connectivity index (χ4n) is 10.5. The number of hydrogen-bond acceptors (Lipinski definition) is 11. The number of fused-ring (bicyclic) bond motifs is 2. The van der Waals surface area contributed by atoms with Crippen LogP contribution >= 0.6 is 0 Å². The van der Waals surface area contributed by atoms with Crippen LogP contribution in [0.15, 0.2) is 42.5 Å². The number of methoxy groups -OCH3 is 2. The highest BCUT2D eigenvalue weighted by Crippen LogP contribution is 2.41. The highest BCUT2D eigenvalue weighted by atomic mass is 16.5. The monoisotopic (exact) mass is 922 g/mol. The molecule has 3 heterocycles. The molecule has 1 aromatic rings. The number of rotatable bonds is 25. The van der Waals surface area contributed by atoms with Crippen LogP contribution in [0.1, 0.15) is 85.1 Å². The number of likely N-dealkylation sites (tertiary alicyclic amines) is 2. The number of likely N-dealkylation sites (N-methyl/N-ethyl adjacent to an activating group) is 2. The van der Waals surface area contributed by atoms with E-state index in [1.165, 1.54) is 19.3 Å². The number of piperidine rings is 1. The number of nitrogens with zero attached hydrogens (tertiary/aromatic N) is 4. The van der Waals surface area contributed by atoms with Crippen molar-refractivity contribution >= 4 is 41.4 Å². The Morgan fingerprint density at radius 3 is 2.20 bits per heavy atom. The molecular formula is C49H75N7O10. The van der Waals surface area contributed by atoms with E-state index in [1.54, 1.807) is 30.9 Å². The molecule has 3 fully saturated rings. The summed E-state index contributed by atoms with van der Waals surface area (Å²) in [5, 5.41) is 8.91. The largest absolute Gasteiger partial charge is 0.379 e. The number of ether oxygens (including phenoxy) is 3. The Morgan fingerprint density at radius 1 is 0.894 bits per heavy atom.